The van der Waals surface area contributed by atoms with Gasteiger partial charge in [0.1, 0.15) is 0 Å². The van der Waals surface area contributed by atoms with E-state index in [9.17, 15) is 0 Å². The second-order valence-corrected chi connectivity index (χ2v) is 4.85. The van der Waals surface area contributed by atoms with Gasteiger partial charge in [0.15, 0.2) is 0 Å². The van der Waals surface area contributed by atoms with Crippen molar-refractivity contribution >= 4 is 0 Å². The zero-order valence-corrected chi connectivity index (χ0v) is 9.24. The van der Waals surface area contributed by atoms with Crippen LogP contribution in [0, 0.1) is 6.92 Å². The van der Waals surface area contributed by atoms with Crippen molar-refractivity contribution in [2.75, 3.05) is 6.54 Å². The average molecular weight is 202 g/mol. The van der Waals surface area contributed by atoms with E-state index in [4.69, 9.17) is 5.73 Å². The number of aryl methyl sites for hydroxylation is 1. The number of nitrogens with zero attached hydrogens (tertiary/aromatic N) is 1. The van der Waals surface area contributed by atoms with E-state index in [1.54, 1.807) is 0 Å². The lowest BCUT2D eigenvalue weighted by Gasteiger charge is -2.37. The van der Waals surface area contributed by atoms with Gasteiger partial charge >= 0.3 is 0 Å². The standard InChI is InChI=1S/C13H18N2/c1-9-4-2-5-10-11(9)8-15-7-3-6-12(15)13(10)14/h2,4-5,12-13H,3,6-8,14H2,1H3/t12-,13?/m0/s1. The highest BCUT2D eigenvalue weighted by Crippen LogP contribution is 2.36. The molecular formula is C13H18N2. The highest BCUT2D eigenvalue weighted by atomic mass is 15.2. The molecule has 0 aromatic heterocycles. The lowest BCUT2D eigenvalue weighted by atomic mass is 9.88. The number of fused-ring (bicyclic) bond motifs is 2. The Balaban J connectivity index is 2.08. The maximum atomic E-state index is 6.36. The summed E-state index contributed by atoms with van der Waals surface area (Å²) in [5.74, 6) is 0. The van der Waals surface area contributed by atoms with E-state index in [1.165, 1.54) is 36.1 Å². The number of nitrogens with two attached hydrogens (primary N) is 1. The fourth-order valence-corrected chi connectivity index (χ4v) is 3.12. The van der Waals surface area contributed by atoms with Crippen molar-refractivity contribution in [1.29, 1.82) is 0 Å². The van der Waals surface area contributed by atoms with E-state index < -0.39 is 0 Å². The quantitative estimate of drug-likeness (QED) is 0.697. The SMILES string of the molecule is Cc1cccc2c1CN1CCC[C@H]1C2N. The largest absolute Gasteiger partial charge is 0.323 e. The van der Waals surface area contributed by atoms with Crippen molar-refractivity contribution in [1.82, 2.24) is 4.90 Å². The van der Waals surface area contributed by atoms with Crippen LogP contribution >= 0.6 is 0 Å². The lowest BCUT2D eigenvalue weighted by molar-refractivity contribution is 0.197. The van der Waals surface area contributed by atoms with Crippen LogP contribution in [0.1, 0.15) is 35.6 Å². The molecule has 0 spiro atoms. The van der Waals surface area contributed by atoms with Gasteiger partial charge in [-0.15, -0.1) is 0 Å². The second kappa shape index (κ2) is 3.32. The molecule has 2 N–H and O–H groups in total. The first-order valence-corrected chi connectivity index (χ1v) is 5.85. The molecule has 0 saturated carbocycles. The number of rotatable bonds is 0. The van der Waals surface area contributed by atoms with Crippen LogP contribution in [0.15, 0.2) is 18.2 Å². The summed E-state index contributed by atoms with van der Waals surface area (Å²) in [6.07, 6.45) is 2.58. The third-order valence-corrected chi connectivity index (χ3v) is 4.00. The maximum absolute atomic E-state index is 6.36. The van der Waals surface area contributed by atoms with Crippen LogP contribution < -0.4 is 5.73 Å². The van der Waals surface area contributed by atoms with Gasteiger partial charge in [0.2, 0.25) is 0 Å². The minimum Gasteiger partial charge on any atom is -0.323 e. The van der Waals surface area contributed by atoms with Crippen molar-refractivity contribution in [2.45, 2.75) is 38.4 Å². The Morgan fingerprint density at radius 3 is 3.13 bits per heavy atom. The normalized spacial score (nSPS) is 30.0. The van der Waals surface area contributed by atoms with Gasteiger partial charge in [0.25, 0.3) is 0 Å². The Morgan fingerprint density at radius 2 is 2.27 bits per heavy atom. The van der Waals surface area contributed by atoms with Gasteiger partial charge in [-0.3, -0.25) is 4.90 Å². The summed E-state index contributed by atoms with van der Waals surface area (Å²) >= 11 is 0. The summed E-state index contributed by atoms with van der Waals surface area (Å²) in [7, 11) is 0. The number of benzene rings is 1. The van der Waals surface area contributed by atoms with E-state index in [1.807, 2.05) is 0 Å². The summed E-state index contributed by atoms with van der Waals surface area (Å²) in [6, 6.07) is 7.37. The molecule has 2 heteroatoms. The predicted octanol–water partition coefficient (Wildman–Crippen LogP) is 1.97. The average Bonchev–Trinajstić information content (AvgIpc) is 2.68. The van der Waals surface area contributed by atoms with E-state index in [2.05, 4.69) is 30.0 Å². The molecule has 0 bridgehead atoms. The van der Waals surface area contributed by atoms with Crippen molar-refractivity contribution in [2.24, 2.45) is 5.73 Å². The summed E-state index contributed by atoms with van der Waals surface area (Å²) < 4.78 is 0. The predicted molar refractivity (Wildman–Crippen MR) is 61.5 cm³/mol. The second-order valence-electron chi connectivity index (χ2n) is 4.85. The Bertz CT molecular complexity index is 386. The van der Waals surface area contributed by atoms with Crippen molar-refractivity contribution in [3.05, 3.63) is 34.9 Å². The molecule has 1 unspecified atom stereocenters. The first-order valence-electron chi connectivity index (χ1n) is 5.85. The maximum Gasteiger partial charge on any atom is 0.0456 e. The molecule has 1 aromatic carbocycles. The summed E-state index contributed by atoms with van der Waals surface area (Å²) in [6.45, 7) is 4.54. The van der Waals surface area contributed by atoms with E-state index in [-0.39, 0.29) is 6.04 Å². The van der Waals surface area contributed by atoms with Crippen molar-refractivity contribution in [3.8, 4) is 0 Å². The molecule has 0 aliphatic carbocycles. The van der Waals surface area contributed by atoms with Crippen molar-refractivity contribution in [3.63, 3.8) is 0 Å². The molecule has 2 atom stereocenters. The molecular weight excluding hydrogens is 184 g/mol. The molecule has 2 nitrogen and oxygen atoms in total. The molecule has 1 aromatic rings. The molecule has 2 aliphatic rings. The first kappa shape index (κ1) is 9.37. The van der Waals surface area contributed by atoms with Gasteiger partial charge in [-0.25, -0.2) is 0 Å². The molecule has 0 amide bonds. The smallest absolute Gasteiger partial charge is 0.0456 e. The fourth-order valence-electron chi connectivity index (χ4n) is 3.12. The van der Waals surface area contributed by atoms with Crippen LogP contribution in [0.2, 0.25) is 0 Å². The molecule has 2 aliphatic heterocycles. The van der Waals surface area contributed by atoms with Crippen molar-refractivity contribution < 1.29 is 0 Å². The Labute approximate surface area is 91.1 Å². The van der Waals surface area contributed by atoms with Crippen LogP contribution in [-0.2, 0) is 6.54 Å². The van der Waals surface area contributed by atoms with Gasteiger partial charge < -0.3 is 5.73 Å². The van der Waals surface area contributed by atoms with Gasteiger partial charge in [-0.05, 0) is 43.0 Å². The lowest BCUT2D eigenvalue weighted by Crippen LogP contribution is -2.42. The molecule has 2 heterocycles. The Kier molecular flexibility index (Phi) is 2.08. The van der Waals surface area contributed by atoms with Gasteiger partial charge in [0.05, 0.1) is 0 Å². The molecule has 15 heavy (non-hydrogen) atoms. The van der Waals surface area contributed by atoms with Crippen LogP contribution in [0.25, 0.3) is 0 Å². The van der Waals surface area contributed by atoms with Crippen LogP contribution in [0.5, 0.6) is 0 Å². The third-order valence-electron chi connectivity index (χ3n) is 4.00. The zero-order valence-electron chi connectivity index (χ0n) is 9.24. The number of hydrogen-bond acceptors (Lipinski definition) is 2. The van der Waals surface area contributed by atoms with E-state index >= 15 is 0 Å². The highest BCUT2D eigenvalue weighted by molar-refractivity contribution is 5.39. The highest BCUT2D eigenvalue weighted by Gasteiger charge is 2.35. The first-order chi connectivity index (χ1) is 7.27. The molecule has 1 fully saturated rings. The van der Waals surface area contributed by atoms with Crippen LogP contribution in [-0.4, -0.2) is 17.5 Å². The number of hydrogen-bond donors (Lipinski definition) is 1. The minimum atomic E-state index is 0.233. The van der Waals surface area contributed by atoms with Crippen LogP contribution in [0.4, 0.5) is 0 Å². The summed E-state index contributed by atoms with van der Waals surface area (Å²) in [5.41, 5.74) is 10.6. The summed E-state index contributed by atoms with van der Waals surface area (Å²) in [5, 5.41) is 0. The molecule has 3 rings (SSSR count). The third kappa shape index (κ3) is 1.32. The van der Waals surface area contributed by atoms with Gasteiger partial charge in [-0.2, -0.15) is 0 Å². The minimum absolute atomic E-state index is 0.233. The van der Waals surface area contributed by atoms with E-state index in [0.717, 1.165) is 6.54 Å². The van der Waals surface area contributed by atoms with Gasteiger partial charge in [-0.1, -0.05) is 18.2 Å². The van der Waals surface area contributed by atoms with E-state index in [0.29, 0.717) is 6.04 Å². The van der Waals surface area contributed by atoms with Crippen LogP contribution in [0.3, 0.4) is 0 Å². The molecule has 0 radical (unpaired) electrons. The summed E-state index contributed by atoms with van der Waals surface area (Å²) in [4.78, 5) is 2.56. The molecule has 1 saturated heterocycles. The fraction of sp³-hybridized carbons (Fsp3) is 0.538. The Morgan fingerprint density at radius 1 is 1.40 bits per heavy atom. The monoisotopic (exact) mass is 202 g/mol. The Hall–Kier alpha value is -0.860. The molecule has 80 valence electrons. The zero-order chi connectivity index (χ0) is 10.4. The topological polar surface area (TPSA) is 29.3 Å². The van der Waals surface area contributed by atoms with Gasteiger partial charge in [0, 0.05) is 18.6 Å².